The van der Waals surface area contributed by atoms with Gasteiger partial charge in [0.1, 0.15) is 11.6 Å². The van der Waals surface area contributed by atoms with Crippen LogP contribution in [0.5, 0.6) is 5.75 Å². The lowest BCUT2D eigenvalue weighted by Gasteiger charge is -2.11. The minimum absolute atomic E-state index is 0.139. The largest absolute Gasteiger partial charge is 0.482 e. The first-order valence-electron chi connectivity index (χ1n) is 9.65. The minimum Gasteiger partial charge on any atom is -0.482 e. The van der Waals surface area contributed by atoms with Gasteiger partial charge in [-0.15, -0.1) is 10.2 Å². The molecule has 0 spiro atoms. The van der Waals surface area contributed by atoms with E-state index in [0.717, 1.165) is 11.1 Å². The summed E-state index contributed by atoms with van der Waals surface area (Å²) in [6, 6.07) is 23.1. The van der Waals surface area contributed by atoms with Crippen molar-refractivity contribution < 1.29 is 23.1 Å². The molecule has 0 radical (unpaired) electrons. The van der Waals surface area contributed by atoms with Crippen molar-refractivity contribution in [2.75, 3.05) is 6.61 Å². The Morgan fingerprint density at radius 1 is 0.903 bits per heavy atom. The smallest absolute Gasteiger partial charge is 0.344 e. The molecule has 1 heterocycles. The molecule has 0 bridgehead atoms. The lowest BCUT2D eigenvalue weighted by atomic mass is 10.1. The second-order valence-corrected chi connectivity index (χ2v) is 6.76. The van der Waals surface area contributed by atoms with E-state index in [4.69, 9.17) is 13.9 Å². The molecule has 7 heteroatoms. The number of nitrogens with zero attached hydrogens (tertiary/aromatic N) is 2. The molecule has 31 heavy (non-hydrogen) atoms. The van der Waals surface area contributed by atoms with Gasteiger partial charge in [-0.2, -0.15) is 0 Å². The van der Waals surface area contributed by atoms with Crippen molar-refractivity contribution in [2.45, 2.75) is 13.0 Å². The summed E-state index contributed by atoms with van der Waals surface area (Å²) >= 11 is 0. The highest BCUT2D eigenvalue weighted by atomic mass is 19.1. The Kier molecular flexibility index (Phi) is 6.03. The molecule has 0 N–H and O–H groups in total. The minimum atomic E-state index is -0.752. The Bertz CT molecular complexity index is 1140. The van der Waals surface area contributed by atoms with E-state index in [0.29, 0.717) is 11.3 Å². The number of carbonyl (C=O) groups is 1. The zero-order chi connectivity index (χ0) is 21.6. The van der Waals surface area contributed by atoms with Crippen LogP contribution in [0.1, 0.15) is 18.9 Å². The average molecular weight is 418 g/mol. The Hall–Kier alpha value is -4.00. The SMILES string of the molecule is C[C@@H](OC(=O)COc1ccc(-c2ccccc2)cc1)c1nnc(-c2ccc(F)cc2)o1. The fourth-order valence-corrected chi connectivity index (χ4v) is 2.91. The molecule has 0 aliphatic heterocycles. The molecule has 0 saturated carbocycles. The van der Waals surface area contributed by atoms with E-state index in [1.54, 1.807) is 19.1 Å². The second kappa shape index (κ2) is 9.21. The van der Waals surface area contributed by atoms with Gasteiger partial charge in [0.2, 0.25) is 5.89 Å². The molecule has 4 rings (SSSR count). The van der Waals surface area contributed by atoms with Crippen molar-refractivity contribution in [3.8, 4) is 28.3 Å². The molecule has 1 aromatic heterocycles. The molecule has 6 nitrogen and oxygen atoms in total. The first-order valence-corrected chi connectivity index (χ1v) is 9.65. The number of benzene rings is 3. The number of hydrogen-bond acceptors (Lipinski definition) is 6. The number of aromatic nitrogens is 2. The van der Waals surface area contributed by atoms with Gasteiger partial charge >= 0.3 is 5.97 Å². The van der Waals surface area contributed by atoms with Crippen LogP contribution in [-0.2, 0) is 9.53 Å². The lowest BCUT2D eigenvalue weighted by molar-refractivity contribution is -0.152. The number of esters is 1. The zero-order valence-electron chi connectivity index (χ0n) is 16.7. The van der Waals surface area contributed by atoms with Crippen LogP contribution in [0.4, 0.5) is 4.39 Å². The van der Waals surface area contributed by atoms with Gasteiger partial charge in [0.15, 0.2) is 12.7 Å². The van der Waals surface area contributed by atoms with E-state index < -0.39 is 12.1 Å². The van der Waals surface area contributed by atoms with Crippen LogP contribution < -0.4 is 4.74 Å². The summed E-state index contributed by atoms with van der Waals surface area (Å²) in [5, 5.41) is 7.81. The summed E-state index contributed by atoms with van der Waals surface area (Å²) in [7, 11) is 0. The van der Waals surface area contributed by atoms with Gasteiger partial charge in [-0.3, -0.25) is 0 Å². The standard InChI is InChI=1S/C24H19FN2O4/c1-16(23-26-27-24(31-23)19-7-11-20(25)12-8-19)30-22(28)15-29-21-13-9-18(10-14-21)17-5-3-2-4-6-17/h2-14,16H,15H2,1H3/t16-/m1/s1. The monoisotopic (exact) mass is 418 g/mol. The first kappa shape index (κ1) is 20.3. The van der Waals surface area contributed by atoms with E-state index in [-0.39, 0.29) is 24.2 Å². The molecule has 1 atom stereocenters. The summed E-state index contributed by atoms with van der Waals surface area (Å²) in [4.78, 5) is 12.1. The highest BCUT2D eigenvalue weighted by Gasteiger charge is 2.19. The molecule has 4 aromatic rings. The maximum Gasteiger partial charge on any atom is 0.344 e. The van der Waals surface area contributed by atoms with Gasteiger partial charge in [-0.25, -0.2) is 9.18 Å². The third-order valence-electron chi connectivity index (χ3n) is 4.51. The molecule has 156 valence electrons. The normalized spacial score (nSPS) is 11.7. The van der Waals surface area contributed by atoms with Crippen LogP contribution in [-0.4, -0.2) is 22.8 Å². The fourth-order valence-electron chi connectivity index (χ4n) is 2.91. The first-order chi connectivity index (χ1) is 15.1. The van der Waals surface area contributed by atoms with Gasteiger partial charge in [-0.05, 0) is 54.4 Å². The van der Waals surface area contributed by atoms with Crippen molar-refractivity contribution in [1.29, 1.82) is 0 Å². The van der Waals surface area contributed by atoms with E-state index in [9.17, 15) is 9.18 Å². The van der Waals surface area contributed by atoms with Crippen LogP contribution >= 0.6 is 0 Å². The van der Waals surface area contributed by atoms with Crippen molar-refractivity contribution >= 4 is 5.97 Å². The van der Waals surface area contributed by atoms with Gasteiger partial charge in [-0.1, -0.05) is 42.5 Å². The lowest BCUT2D eigenvalue weighted by Crippen LogP contribution is -2.17. The zero-order valence-corrected chi connectivity index (χ0v) is 16.7. The van der Waals surface area contributed by atoms with E-state index in [1.165, 1.54) is 24.3 Å². The number of halogens is 1. The summed E-state index contributed by atoms with van der Waals surface area (Å²) in [6.07, 6.45) is -0.752. The summed E-state index contributed by atoms with van der Waals surface area (Å²) in [5.41, 5.74) is 2.72. The highest BCUT2D eigenvalue weighted by Crippen LogP contribution is 2.24. The van der Waals surface area contributed by atoms with Crippen LogP contribution in [0.3, 0.4) is 0 Å². The molecule has 0 aliphatic carbocycles. The van der Waals surface area contributed by atoms with Crippen molar-refractivity contribution in [3.63, 3.8) is 0 Å². The Morgan fingerprint density at radius 3 is 2.26 bits per heavy atom. The third kappa shape index (κ3) is 5.14. The summed E-state index contributed by atoms with van der Waals surface area (Å²) < 4.78 is 29.4. The van der Waals surface area contributed by atoms with Gasteiger partial charge in [0.05, 0.1) is 0 Å². The summed E-state index contributed by atoms with van der Waals surface area (Å²) in [5.74, 6) is -0.0186. The molecular formula is C24H19FN2O4. The Balaban J connectivity index is 1.30. The molecule has 0 unspecified atom stereocenters. The predicted octanol–water partition coefficient (Wildman–Crippen LogP) is 5.23. The molecule has 0 saturated heterocycles. The molecule has 0 fully saturated rings. The molecular weight excluding hydrogens is 399 g/mol. The highest BCUT2D eigenvalue weighted by molar-refractivity contribution is 5.71. The molecule has 3 aromatic carbocycles. The Morgan fingerprint density at radius 2 is 1.55 bits per heavy atom. The Labute approximate surface area is 178 Å². The van der Waals surface area contributed by atoms with Crippen molar-refractivity contribution in [2.24, 2.45) is 0 Å². The molecule has 0 aliphatic rings. The van der Waals surface area contributed by atoms with Crippen molar-refractivity contribution in [3.05, 3.63) is 90.6 Å². The number of hydrogen-bond donors (Lipinski definition) is 0. The summed E-state index contributed by atoms with van der Waals surface area (Å²) in [6.45, 7) is 1.36. The predicted molar refractivity (Wildman–Crippen MR) is 112 cm³/mol. The number of carbonyl (C=O) groups excluding carboxylic acids is 1. The molecule has 0 amide bonds. The van der Waals surface area contributed by atoms with E-state index in [1.807, 2.05) is 42.5 Å². The maximum atomic E-state index is 13.0. The average Bonchev–Trinajstić information content (AvgIpc) is 3.30. The fraction of sp³-hybridized carbons (Fsp3) is 0.125. The third-order valence-corrected chi connectivity index (χ3v) is 4.51. The van der Waals surface area contributed by atoms with E-state index >= 15 is 0 Å². The van der Waals surface area contributed by atoms with Crippen LogP contribution in [0, 0.1) is 5.82 Å². The van der Waals surface area contributed by atoms with Gasteiger partial charge < -0.3 is 13.9 Å². The quantitative estimate of drug-likeness (QED) is 0.383. The van der Waals surface area contributed by atoms with Gasteiger partial charge in [0, 0.05) is 5.56 Å². The van der Waals surface area contributed by atoms with Gasteiger partial charge in [0.25, 0.3) is 5.89 Å². The maximum absolute atomic E-state index is 13.0. The van der Waals surface area contributed by atoms with Crippen molar-refractivity contribution in [1.82, 2.24) is 10.2 Å². The van der Waals surface area contributed by atoms with Crippen LogP contribution in [0.25, 0.3) is 22.6 Å². The number of ether oxygens (including phenoxy) is 2. The topological polar surface area (TPSA) is 74.5 Å². The van der Waals surface area contributed by atoms with E-state index in [2.05, 4.69) is 10.2 Å². The van der Waals surface area contributed by atoms with Crippen LogP contribution in [0.15, 0.2) is 83.3 Å². The van der Waals surface area contributed by atoms with Crippen LogP contribution in [0.2, 0.25) is 0 Å². The second-order valence-electron chi connectivity index (χ2n) is 6.76. The number of rotatable bonds is 7.